The van der Waals surface area contributed by atoms with Crippen molar-refractivity contribution in [2.45, 2.75) is 25.6 Å². The summed E-state index contributed by atoms with van der Waals surface area (Å²) in [6.07, 6.45) is -2.60. The van der Waals surface area contributed by atoms with Crippen LogP contribution in [-0.2, 0) is 12.6 Å². The summed E-state index contributed by atoms with van der Waals surface area (Å²) in [4.78, 5) is 10.2. The Bertz CT molecular complexity index is 796. The number of aromatic nitrogens is 4. The van der Waals surface area contributed by atoms with Crippen molar-refractivity contribution >= 4 is 22.9 Å². The average Bonchev–Trinajstić information content (AvgIpc) is 3.14. The highest BCUT2D eigenvalue weighted by atomic mass is 32.1. The lowest BCUT2D eigenvalue weighted by Crippen LogP contribution is -2.32. The zero-order valence-corrected chi connectivity index (χ0v) is 13.3. The molecular formula is C14H14F3N5S. The number of alkyl halides is 3. The second kappa shape index (κ2) is 5.80. The molecule has 0 saturated carbocycles. The molecule has 3 rings (SSSR count). The monoisotopic (exact) mass is 341 g/mol. The minimum Gasteiger partial charge on any atom is -0.356 e. The molecule has 0 spiro atoms. The van der Waals surface area contributed by atoms with Crippen molar-refractivity contribution in [1.82, 2.24) is 19.6 Å². The third-order valence-electron chi connectivity index (χ3n) is 3.62. The topological polar surface area (TPSA) is 46.3 Å². The quantitative estimate of drug-likeness (QED) is 0.731. The van der Waals surface area contributed by atoms with Gasteiger partial charge in [0, 0.05) is 30.5 Å². The summed E-state index contributed by atoms with van der Waals surface area (Å²) in [5.41, 5.74) is -0.969. The Kier molecular flexibility index (Phi) is 3.97. The Balaban J connectivity index is 1.98. The minimum absolute atomic E-state index is 0.00969. The van der Waals surface area contributed by atoms with Gasteiger partial charge in [-0.05, 0) is 18.4 Å². The summed E-state index contributed by atoms with van der Waals surface area (Å²) in [7, 11) is 1.74. The Morgan fingerprint density at radius 1 is 1.39 bits per heavy atom. The van der Waals surface area contributed by atoms with Gasteiger partial charge in [-0.1, -0.05) is 6.07 Å². The molecule has 0 aromatic carbocycles. The van der Waals surface area contributed by atoms with Gasteiger partial charge in [-0.25, -0.2) is 4.98 Å². The number of hydrogen-bond donors (Lipinski definition) is 0. The van der Waals surface area contributed by atoms with Crippen LogP contribution in [-0.4, -0.2) is 32.7 Å². The molecule has 0 fully saturated rings. The van der Waals surface area contributed by atoms with Crippen LogP contribution in [0.15, 0.2) is 29.9 Å². The maximum absolute atomic E-state index is 13.0. The predicted octanol–water partition coefficient (Wildman–Crippen LogP) is 3.27. The number of nitrogens with zero attached hydrogens (tertiary/aromatic N) is 5. The van der Waals surface area contributed by atoms with E-state index in [-0.39, 0.29) is 11.8 Å². The molecule has 3 aromatic heterocycles. The Hall–Kier alpha value is -2.16. The zero-order chi connectivity index (χ0) is 16.6. The summed E-state index contributed by atoms with van der Waals surface area (Å²) in [5.74, 6) is 0.244. The van der Waals surface area contributed by atoms with Crippen molar-refractivity contribution in [3.8, 4) is 0 Å². The van der Waals surface area contributed by atoms with Crippen molar-refractivity contribution < 1.29 is 13.2 Å². The largest absolute Gasteiger partial charge is 0.433 e. The minimum atomic E-state index is -4.53. The molecule has 0 aliphatic heterocycles. The average molecular weight is 341 g/mol. The van der Waals surface area contributed by atoms with Crippen molar-refractivity contribution in [3.05, 3.63) is 40.5 Å². The van der Waals surface area contributed by atoms with E-state index in [2.05, 4.69) is 15.1 Å². The van der Waals surface area contributed by atoms with E-state index in [9.17, 15) is 13.2 Å². The van der Waals surface area contributed by atoms with Crippen LogP contribution in [0.5, 0.6) is 0 Å². The maximum atomic E-state index is 13.0. The van der Waals surface area contributed by atoms with E-state index in [0.29, 0.717) is 5.82 Å². The van der Waals surface area contributed by atoms with Gasteiger partial charge in [0.15, 0.2) is 5.69 Å². The standard InChI is InChI=1S/C14H14F3N5S/c1-9(6-10-4-3-5-23-10)21(2)12-7-11(14(15,16)17)20-13-18-8-19-22(12)13/h3-5,7-9H,6H2,1-2H3. The highest BCUT2D eigenvalue weighted by molar-refractivity contribution is 7.09. The molecule has 122 valence electrons. The Labute approximate surface area is 134 Å². The molecule has 0 N–H and O–H groups in total. The molecular weight excluding hydrogens is 327 g/mol. The molecule has 3 aromatic rings. The number of hydrogen-bond acceptors (Lipinski definition) is 5. The molecule has 0 saturated heterocycles. The van der Waals surface area contributed by atoms with Crippen LogP contribution in [0.3, 0.4) is 0 Å². The number of rotatable bonds is 4. The predicted molar refractivity (Wildman–Crippen MR) is 81.7 cm³/mol. The normalized spacial score (nSPS) is 13.4. The van der Waals surface area contributed by atoms with Crippen molar-refractivity contribution in [2.75, 3.05) is 11.9 Å². The van der Waals surface area contributed by atoms with Gasteiger partial charge in [0.05, 0.1) is 0 Å². The van der Waals surface area contributed by atoms with Crippen LogP contribution in [0.2, 0.25) is 0 Å². The number of thiophene rings is 1. The maximum Gasteiger partial charge on any atom is 0.433 e. The third-order valence-corrected chi connectivity index (χ3v) is 4.52. The van der Waals surface area contributed by atoms with E-state index in [1.54, 1.807) is 23.3 Å². The van der Waals surface area contributed by atoms with Crippen LogP contribution in [0.25, 0.3) is 5.78 Å². The van der Waals surface area contributed by atoms with Crippen LogP contribution >= 0.6 is 11.3 Å². The van der Waals surface area contributed by atoms with E-state index in [1.807, 2.05) is 24.4 Å². The van der Waals surface area contributed by atoms with Crippen molar-refractivity contribution in [1.29, 1.82) is 0 Å². The van der Waals surface area contributed by atoms with Crippen molar-refractivity contribution in [3.63, 3.8) is 0 Å². The van der Waals surface area contributed by atoms with E-state index < -0.39 is 11.9 Å². The molecule has 0 amide bonds. The fraction of sp³-hybridized carbons (Fsp3) is 0.357. The van der Waals surface area contributed by atoms with Gasteiger partial charge in [-0.15, -0.1) is 11.3 Å². The molecule has 0 radical (unpaired) electrons. The molecule has 3 heterocycles. The lowest BCUT2D eigenvalue weighted by atomic mass is 10.2. The lowest BCUT2D eigenvalue weighted by Gasteiger charge is -2.27. The first-order chi connectivity index (χ1) is 10.9. The van der Waals surface area contributed by atoms with Crippen molar-refractivity contribution in [2.24, 2.45) is 0 Å². The summed E-state index contributed by atoms with van der Waals surface area (Å²) in [6.45, 7) is 1.95. The Morgan fingerprint density at radius 3 is 2.83 bits per heavy atom. The Morgan fingerprint density at radius 2 is 2.17 bits per heavy atom. The smallest absolute Gasteiger partial charge is 0.356 e. The van der Waals surface area contributed by atoms with E-state index in [0.717, 1.165) is 12.5 Å². The zero-order valence-electron chi connectivity index (χ0n) is 12.4. The fourth-order valence-corrected chi connectivity index (χ4v) is 3.10. The third kappa shape index (κ3) is 3.14. The van der Waals surface area contributed by atoms with Gasteiger partial charge >= 0.3 is 6.18 Å². The van der Waals surface area contributed by atoms with Gasteiger partial charge in [0.25, 0.3) is 5.78 Å². The molecule has 5 nitrogen and oxygen atoms in total. The first-order valence-corrected chi connectivity index (χ1v) is 7.77. The number of anilines is 1. The van der Waals surface area contributed by atoms with Gasteiger partial charge in [-0.2, -0.15) is 27.8 Å². The highest BCUT2D eigenvalue weighted by Crippen LogP contribution is 2.31. The second-order valence-corrected chi connectivity index (χ2v) is 6.24. The van der Waals surface area contributed by atoms with Gasteiger partial charge in [-0.3, -0.25) is 0 Å². The molecule has 9 heteroatoms. The summed E-state index contributed by atoms with van der Waals surface area (Å²) in [6, 6.07) is 4.96. The van der Waals surface area contributed by atoms with E-state index in [1.165, 1.54) is 15.7 Å². The molecule has 0 aliphatic rings. The first-order valence-electron chi connectivity index (χ1n) is 6.89. The number of halogens is 3. The first kappa shape index (κ1) is 15.7. The van der Waals surface area contributed by atoms with Crippen LogP contribution in [0.4, 0.5) is 19.0 Å². The van der Waals surface area contributed by atoms with Crippen LogP contribution < -0.4 is 4.90 Å². The van der Waals surface area contributed by atoms with Gasteiger partial charge in [0.1, 0.15) is 12.1 Å². The van der Waals surface area contributed by atoms with Crippen LogP contribution in [0.1, 0.15) is 17.5 Å². The van der Waals surface area contributed by atoms with E-state index >= 15 is 0 Å². The fourth-order valence-electron chi connectivity index (χ4n) is 2.28. The summed E-state index contributed by atoms with van der Waals surface area (Å²) in [5, 5.41) is 5.96. The molecule has 0 bridgehead atoms. The molecule has 1 unspecified atom stereocenters. The van der Waals surface area contributed by atoms with E-state index in [4.69, 9.17) is 0 Å². The number of fused-ring (bicyclic) bond motifs is 1. The molecule has 0 aliphatic carbocycles. The summed E-state index contributed by atoms with van der Waals surface area (Å²) < 4.78 is 40.4. The van der Waals surface area contributed by atoms with Crippen LogP contribution in [0, 0.1) is 0 Å². The van der Waals surface area contributed by atoms with Gasteiger partial charge < -0.3 is 4.90 Å². The van der Waals surface area contributed by atoms with Gasteiger partial charge in [0.2, 0.25) is 0 Å². The molecule has 1 atom stereocenters. The second-order valence-electron chi connectivity index (χ2n) is 5.21. The highest BCUT2D eigenvalue weighted by Gasteiger charge is 2.34. The number of likely N-dealkylation sites (N-methyl/N-ethyl adjacent to an activating group) is 1. The summed E-state index contributed by atoms with van der Waals surface area (Å²) >= 11 is 1.62. The molecule has 23 heavy (non-hydrogen) atoms. The SMILES string of the molecule is CC(Cc1cccs1)N(C)c1cc(C(F)(F)F)nc2ncnn12. The lowest BCUT2D eigenvalue weighted by molar-refractivity contribution is -0.141.